The van der Waals surface area contributed by atoms with Crippen molar-refractivity contribution in [3.8, 4) is 0 Å². The minimum absolute atomic E-state index is 0.0349. The molecule has 0 rings (SSSR count). The number of carboxylic acids is 1. The number of urea groups is 1. The minimum Gasteiger partial charge on any atom is -0.479 e. The predicted molar refractivity (Wildman–Crippen MR) is 72.2 cm³/mol. The summed E-state index contributed by atoms with van der Waals surface area (Å²) in [5.74, 6) is -1.09. The smallest absolute Gasteiger partial charge is 0.334 e. The van der Waals surface area contributed by atoms with Gasteiger partial charge in [-0.15, -0.1) is 0 Å². The van der Waals surface area contributed by atoms with Crippen LogP contribution in [-0.4, -0.2) is 80.4 Å². The molecule has 0 aromatic carbocycles. The summed E-state index contributed by atoms with van der Waals surface area (Å²) >= 11 is 0. The Morgan fingerprint density at radius 1 is 1.26 bits per heavy atom. The van der Waals surface area contributed by atoms with Crippen molar-refractivity contribution in [2.75, 3.05) is 47.4 Å². The van der Waals surface area contributed by atoms with Crippen molar-refractivity contribution in [3.05, 3.63) is 0 Å². The highest BCUT2D eigenvalue weighted by Crippen LogP contribution is 1.95. The topological polar surface area (TPSA) is 82.1 Å². The molecule has 2 N–H and O–H groups in total. The van der Waals surface area contributed by atoms with Gasteiger partial charge in [0, 0.05) is 26.7 Å². The Hall–Kier alpha value is -1.34. The first-order chi connectivity index (χ1) is 8.92. The fourth-order valence-corrected chi connectivity index (χ4v) is 1.47. The average Bonchev–Trinajstić information content (AvgIpc) is 2.34. The van der Waals surface area contributed by atoms with E-state index in [4.69, 9.17) is 9.84 Å². The third-order valence-electron chi connectivity index (χ3n) is 2.60. The van der Waals surface area contributed by atoms with E-state index >= 15 is 0 Å². The molecular weight excluding hydrogens is 250 g/mol. The molecule has 0 aromatic rings. The molecule has 0 saturated carbocycles. The number of carbonyl (C=O) groups is 2. The highest BCUT2D eigenvalue weighted by Gasteiger charge is 2.19. The van der Waals surface area contributed by atoms with Crippen LogP contribution in [0, 0.1) is 0 Å². The summed E-state index contributed by atoms with van der Waals surface area (Å²) < 4.78 is 4.76. The molecule has 0 saturated heterocycles. The maximum absolute atomic E-state index is 11.9. The molecule has 0 bridgehead atoms. The number of amides is 2. The van der Waals surface area contributed by atoms with E-state index in [0.717, 1.165) is 13.0 Å². The molecule has 7 heteroatoms. The van der Waals surface area contributed by atoms with Crippen molar-refractivity contribution in [2.24, 2.45) is 0 Å². The third kappa shape index (κ3) is 7.63. The van der Waals surface area contributed by atoms with Crippen LogP contribution in [-0.2, 0) is 9.53 Å². The number of methoxy groups -OCH3 is 1. The Labute approximate surface area is 114 Å². The van der Waals surface area contributed by atoms with Crippen LogP contribution in [0.5, 0.6) is 0 Å². The lowest BCUT2D eigenvalue weighted by molar-refractivity contribution is -0.148. The molecule has 0 aromatic heterocycles. The summed E-state index contributed by atoms with van der Waals surface area (Å²) in [5.41, 5.74) is 0. The number of ether oxygens (including phenoxy) is 1. The fourth-order valence-electron chi connectivity index (χ4n) is 1.47. The molecule has 0 aliphatic carbocycles. The summed E-state index contributed by atoms with van der Waals surface area (Å²) in [6.45, 7) is 3.97. The Balaban J connectivity index is 4.27. The zero-order valence-electron chi connectivity index (χ0n) is 12.2. The van der Waals surface area contributed by atoms with E-state index in [1.807, 2.05) is 25.9 Å². The lowest BCUT2D eigenvalue weighted by Crippen LogP contribution is -2.47. The molecule has 0 fully saturated rings. The summed E-state index contributed by atoms with van der Waals surface area (Å²) in [6, 6.07) is -0.257. The summed E-state index contributed by atoms with van der Waals surface area (Å²) in [7, 11) is 5.18. The zero-order chi connectivity index (χ0) is 14.8. The first kappa shape index (κ1) is 17.7. The number of carboxylic acid groups (broad SMARTS) is 1. The van der Waals surface area contributed by atoms with E-state index in [2.05, 4.69) is 5.32 Å². The number of nitrogens with zero attached hydrogens (tertiary/aromatic N) is 2. The van der Waals surface area contributed by atoms with Crippen LogP contribution in [0.25, 0.3) is 0 Å². The Kier molecular flexibility index (Phi) is 8.90. The van der Waals surface area contributed by atoms with Gasteiger partial charge in [0.2, 0.25) is 0 Å². The van der Waals surface area contributed by atoms with Gasteiger partial charge in [0.1, 0.15) is 0 Å². The van der Waals surface area contributed by atoms with Crippen LogP contribution in [0.2, 0.25) is 0 Å². The number of hydrogen-bond acceptors (Lipinski definition) is 4. The van der Waals surface area contributed by atoms with Crippen molar-refractivity contribution in [2.45, 2.75) is 19.4 Å². The van der Waals surface area contributed by atoms with Gasteiger partial charge in [0.05, 0.1) is 6.54 Å². The van der Waals surface area contributed by atoms with E-state index < -0.39 is 12.1 Å². The molecule has 1 unspecified atom stereocenters. The Morgan fingerprint density at radius 3 is 2.32 bits per heavy atom. The molecule has 19 heavy (non-hydrogen) atoms. The number of rotatable bonds is 9. The van der Waals surface area contributed by atoms with Gasteiger partial charge in [-0.2, -0.15) is 0 Å². The number of carbonyl (C=O) groups excluding carboxylic acids is 1. The molecule has 1 atom stereocenters. The summed E-state index contributed by atoms with van der Waals surface area (Å²) in [6.07, 6.45) is -0.158. The molecule has 0 heterocycles. The predicted octanol–water partition coefficient (Wildman–Crippen LogP) is 0.0692. The van der Waals surface area contributed by atoms with Crippen molar-refractivity contribution < 1.29 is 19.4 Å². The van der Waals surface area contributed by atoms with Crippen molar-refractivity contribution in [1.82, 2.24) is 15.1 Å². The van der Waals surface area contributed by atoms with Crippen LogP contribution in [0.15, 0.2) is 0 Å². The van der Waals surface area contributed by atoms with Crippen LogP contribution in [0.1, 0.15) is 13.3 Å². The highest BCUT2D eigenvalue weighted by atomic mass is 16.5. The Morgan fingerprint density at radius 2 is 1.89 bits per heavy atom. The van der Waals surface area contributed by atoms with Crippen LogP contribution < -0.4 is 5.32 Å². The monoisotopic (exact) mass is 275 g/mol. The van der Waals surface area contributed by atoms with Gasteiger partial charge in [-0.05, 0) is 20.5 Å². The summed E-state index contributed by atoms with van der Waals surface area (Å²) in [5, 5.41) is 11.4. The zero-order valence-corrected chi connectivity index (χ0v) is 12.2. The standard InChI is InChI=1S/C12H25N3O4/c1-5-6-15(8-7-14(2)3)12(18)13-9-10(19-4)11(16)17/h10H,5-9H2,1-4H3,(H,13,18)(H,16,17). The molecule has 0 aliphatic heterocycles. The van der Waals surface area contributed by atoms with Crippen LogP contribution >= 0.6 is 0 Å². The maximum Gasteiger partial charge on any atom is 0.334 e. The molecule has 7 nitrogen and oxygen atoms in total. The lowest BCUT2D eigenvalue weighted by Gasteiger charge is -2.24. The van der Waals surface area contributed by atoms with E-state index in [1.54, 1.807) is 4.90 Å². The van der Waals surface area contributed by atoms with E-state index in [1.165, 1.54) is 7.11 Å². The second-order valence-corrected chi connectivity index (χ2v) is 4.54. The Bertz CT molecular complexity index is 284. The van der Waals surface area contributed by atoms with Gasteiger partial charge in [0.15, 0.2) is 6.10 Å². The largest absolute Gasteiger partial charge is 0.479 e. The second kappa shape index (κ2) is 9.57. The van der Waals surface area contributed by atoms with Gasteiger partial charge in [-0.25, -0.2) is 9.59 Å². The molecule has 112 valence electrons. The number of hydrogen-bond donors (Lipinski definition) is 2. The van der Waals surface area contributed by atoms with E-state index in [0.29, 0.717) is 13.1 Å². The normalized spacial score (nSPS) is 12.3. The van der Waals surface area contributed by atoms with Gasteiger partial charge in [-0.3, -0.25) is 0 Å². The second-order valence-electron chi connectivity index (χ2n) is 4.54. The quantitative estimate of drug-likeness (QED) is 0.622. The molecule has 0 aliphatic rings. The number of aliphatic carboxylic acids is 1. The average molecular weight is 275 g/mol. The highest BCUT2D eigenvalue weighted by molar-refractivity contribution is 5.77. The fraction of sp³-hybridized carbons (Fsp3) is 0.833. The van der Waals surface area contributed by atoms with Crippen molar-refractivity contribution in [3.63, 3.8) is 0 Å². The third-order valence-corrected chi connectivity index (χ3v) is 2.60. The van der Waals surface area contributed by atoms with Gasteiger partial charge in [0.25, 0.3) is 0 Å². The van der Waals surface area contributed by atoms with Crippen molar-refractivity contribution in [1.29, 1.82) is 0 Å². The van der Waals surface area contributed by atoms with Gasteiger partial charge in [-0.1, -0.05) is 6.92 Å². The minimum atomic E-state index is -1.09. The SMILES string of the molecule is CCCN(CCN(C)C)C(=O)NCC(OC)C(=O)O. The molecule has 0 spiro atoms. The van der Waals surface area contributed by atoms with Crippen LogP contribution in [0.4, 0.5) is 4.79 Å². The maximum atomic E-state index is 11.9. The molecular formula is C12H25N3O4. The first-order valence-electron chi connectivity index (χ1n) is 6.35. The lowest BCUT2D eigenvalue weighted by atomic mass is 10.3. The van der Waals surface area contributed by atoms with E-state index in [-0.39, 0.29) is 12.6 Å². The van der Waals surface area contributed by atoms with Crippen LogP contribution in [0.3, 0.4) is 0 Å². The van der Waals surface area contributed by atoms with Gasteiger partial charge >= 0.3 is 12.0 Å². The van der Waals surface area contributed by atoms with Gasteiger partial charge < -0.3 is 25.0 Å². The van der Waals surface area contributed by atoms with E-state index in [9.17, 15) is 9.59 Å². The summed E-state index contributed by atoms with van der Waals surface area (Å²) in [4.78, 5) is 26.4. The molecule has 0 radical (unpaired) electrons. The number of nitrogens with one attached hydrogen (secondary N) is 1. The number of likely N-dealkylation sites (N-methyl/N-ethyl adjacent to an activating group) is 1. The first-order valence-corrected chi connectivity index (χ1v) is 6.35. The molecule has 2 amide bonds. The van der Waals surface area contributed by atoms with Crippen molar-refractivity contribution >= 4 is 12.0 Å².